The summed E-state index contributed by atoms with van der Waals surface area (Å²) in [6.45, 7) is 2.55. The van der Waals surface area contributed by atoms with Crippen LogP contribution in [0.2, 0.25) is 0 Å². The largest absolute Gasteiger partial charge is 0.433 e. The fraction of sp³-hybridized carbons (Fsp3) is 0.778. The van der Waals surface area contributed by atoms with Gasteiger partial charge in [0.25, 0.3) is 0 Å². The van der Waals surface area contributed by atoms with Gasteiger partial charge >= 0.3 is 6.18 Å². The number of morpholine rings is 1. The molecular weight excluding hydrogens is 381 g/mol. The summed E-state index contributed by atoms with van der Waals surface area (Å²) < 4.78 is 45.9. The molecule has 2 heterocycles. The molecule has 0 amide bonds. The number of nitrogens with zero attached hydrogens (tertiary/aromatic N) is 3. The molecule has 1 aromatic rings. The van der Waals surface area contributed by atoms with Gasteiger partial charge in [0.2, 0.25) is 5.95 Å². The van der Waals surface area contributed by atoms with Crippen molar-refractivity contribution in [1.29, 1.82) is 0 Å². The number of fused-ring (bicyclic) bond motifs is 2. The van der Waals surface area contributed by atoms with E-state index in [-0.39, 0.29) is 36.5 Å². The molecule has 1 N–H and O–H groups in total. The molecule has 5 nitrogen and oxygen atoms in total. The van der Waals surface area contributed by atoms with Crippen LogP contribution in [0.4, 0.5) is 19.1 Å². The van der Waals surface area contributed by atoms with Gasteiger partial charge < -0.3 is 10.1 Å². The molecule has 2 saturated carbocycles. The first kappa shape index (κ1) is 20.6. The van der Waals surface area contributed by atoms with Gasteiger partial charge in [-0.05, 0) is 31.1 Å². The Kier molecular flexibility index (Phi) is 6.48. The Morgan fingerprint density at radius 1 is 1.19 bits per heavy atom. The van der Waals surface area contributed by atoms with Crippen molar-refractivity contribution < 1.29 is 17.9 Å². The Balaban J connectivity index is 0.00000210. The van der Waals surface area contributed by atoms with Crippen molar-refractivity contribution in [2.45, 2.75) is 50.9 Å². The Labute approximate surface area is 163 Å². The van der Waals surface area contributed by atoms with Crippen LogP contribution >= 0.6 is 12.4 Å². The third-order valence-electron chi connectivity index (χ3n) is 5.92. The van der Waals surface area contributed by atoms with Crippen LogP contribution in [0.3, 0.4) is 0 Å². The highest BCUT2D eigenvalue weighted by Gasteiger charge is 2.39. The van der Waals surface area contributed by atoms with Gasteiger partial charge in [0.05, 0.1) is 13.2 Å². The molecule has 3 fully saturated rings. The van der Waals surface area contributed by atoms with Crippen molar-refractivity contribution in [3.63, 3.8) is 0 Å². The Hall–Kier alpha value is -1.12. The summed E-state index contributed by atoms with van der Waals surface area (Å²) in [6, 6.07) is 0.202. The second kappa shape index (κ2) is 8.49. The van der Waals surface area contributed by atoms with Crippen LogP contribution in [-0.4, -0.2) is 47.2 Å². The highest BCUT2D eigenvalue weighted by atomic mass is 35.5. The van der Waals surface area contributed by atoms with Crippen LogP contribution in [0.5, 0.6) is 0 Å². The molecule has 1 saturated heterocycles. The van der Waals surface area contributed by atoms with E-state index in [1.165, 1.54) is 25.5 Å². The molecule has 0 unspecified atom stereocenters. The summed E-state index contributed by atoms with van der Waals surface area (Å²) >= 11 is 0. The van der Waals surface area contributed by atoms with Crippen molar-refractivity contribution in [2.24, 2.45) is 11.8 Å². The second-order valence-corrected chi connectivity index (χ2v) is 7.73. The fourth-order valence-electron chi connectivity index (χ4n) is 4.64. The number of hydrogen-bond acceptors (Lipinski definition) is 5. The van der Waals surface area contributed by atoms with Crippen molar-refractivity contribution in [3.8, 4) is 0 Å². The Morgan fingerprint density at radius 2 is 1.96 bits per heavy atom. The molecule has 4 rings (SSSR count). The minimum absolute atomic E-state index is 0. The second-order valence-electron chi connectivity index (χ2n) is 7.73. The predicted octanol–water partition coefficient (Wildman–Crippen LogP) is 3.74. The smallest absolute Gasteiger partial charge is 0.379 e. The van der Waals surface area contributed by atoms with Crippen LogP contribution in [-0.2, 0) is 17.5 Å². The summed E-state index contributed by atoms with van der Waals surface area (Å²) in [5.41, 5.74) is -0.683. The van der Waals surface area contributed by atoms with E-state index in [4.69, 9.17) is 4.74 Å². The fourth-order valence-corrected chi connectivity index (χ4v) is 4.64. The maximum absolute atomic E-state index is 13.5. The standard InChI is InChI=1S/C18H25F3N4O.ClH/c19-18(20,21)16-14(11-25-4-6-26-7-5-25)10-22-17(24-16)23-15-9-12-2-1-3-13(15)8-12;/h10,12-13,15H,1-9,11H2,(H,22,23,24);1H/t12-,13+,15+;/m0./s1. The van der Waals surface area contributed by atoms with E-state index in [1.54, 1.807) is 0 Å². The van der Waals surface area contributed by atoms with E-state index >= 15 is 0 Å². The van der Waals surface area contributed by atoms with Gasteiger partial charge in [-0.25, -0.2) is 9.97 Å². The normalized spacial score (nSPS) is 28.6. The van der Waals surface area contributed by atoms with Crippen LogP contribution in [0.15, 0.2) is 6.20 Å². The lowest BCUT2D eigenvalue weighted by Gasteiger charge is -2.27. The maximum atomic E-state index is 13.5. The number of anilines is 1. The lowest BCUT2D eigenvalue weighted by Crippen LogP contribution is -2.36. The molecular formula is C18H26ClF3N4O. The summed E-state index contributed by atoms with van der Waals surface area (Å²) in [5.74, 6) is 1.36. The topological polar surface area (TPSA) is 50.3 Å². The number of halogens is 4. The number of nitrogens with one attached hydrogen (secondary N) is 1. The maximum Gasteiger partial charge on any atom is 0.433 e. The molecule has 152 valence electrons. The van der Waals surface area contributed by atoms with Crippen molar-refractivity contribution in [2.75, 3.05) is 31.6 Å². The van der Waals surface area contributed by atoms with Gasteiger partial charge in [0, 0.05) is 37.4 Å². The van der Waals surface area contributed by atoms with E-state index in [0.29, 0.717) is 38.1 Å². The average Bonchev–Trinajstić information content (AvgIpc) is 2.89. The summed E-state index contributed by atoms with van der Waals surface area (Å²) in [7, 11) is 0. The Morgan fingerprint density at radius 3 is 2.67 bits per heavy atom. The highest BCUT2D eigenvalue weighted by Crippen LogP contribution is 2.43. The zero-order valence-corrected chi connectivity index (χ0v) is 16.0. The minimum atomic E-state index is -4.48. The number of aromatic nitrogens is 2. The minimum Gasteiger partial charge on any atom is -0.379 e. The summed E-state index contributed by atoms with van der Waals surface area (Å²) in [4.78, 5) is 10.0. The van der Waals surface area contributed by atoms with Crippen LogP contribution in [0.25, 0.3) is 0 Å². The molecule has 9 heteroatoms. The van der Waals surface area contributed by atoms with Crippen LogP contribution in [0.1, 0.15) is 43.4 Å². The van der Waals surface area contributed by atoms with E-state index in [2.05, 4.69) is 15.3 Å². The van der Waals surface area contributed by atoms with Crippen molar-refractivity contribution in [3.05, 3.63) is 17.5 Å². The van der Waals surface area contributed by atoms with Crippen molar-refractivity contribution >= 4 is 18.4 Å². The quantitative estimate of drug-likeness (QED) is 0.825. The van der Waals surface area contributed by atoms with E-state index < -0.39 is 11.9 Å². The summed E-state index contributed by atoms with van der Waals surface area (Å²) in [5, 5.41) is 3.20. The number of rotatable bonds is 4. The van der Waals surface area contributed by atoms with Crippen LogP contribution in [0, 0.1) is 11.8 Å². The van der Waals surface area contributed by atoms with Gasteiger partial charge in [-0.1, -0.05) is 12.8 Å². The first-order valence-corrected chi connectivity index (χ1v) is 9.49. The zero-order chi connectivity index (χ0) is 18.1. The highest BCUT2D eigenvalue weighted by molar-refractivity contribution is 5.85. The molecule has 2 bridgehead atoms. The Bertz CT molecular complexity index is 640. The van der Waals surface area contributed by atoms with Gasteiger partial charge in [0.15, 0.2) is 5.69 Å². The predicted molar refractivity (Wildman–Crippen MR) is 97.9 cm³/mol. The summed E-state index contributed by atoms with van der Waals surface area (Å²) in [6.07, 6.45) is 2.67. The number of alkyl halides is 3. The molecule has 0 radical (unpaired) electrons. The third-order valence-corrected chi connectivity index (χ3v) is 5.92. The average molecular weight is 407 g/mol. The molecule has 1 aliphatic heterocycles. The van der Waals surface area contributed by atoms with Gasteiger partial charge in [-0.15, -0.1) is 12.4 Å². The van der Waals surface area contributed by atoms with Crippen LogP contribution < -0.4 is 5.32 Å². The molecule has 2 aliphatic carbocycles. The first-order valence-electron chi connectivity index (χ1n) is 9.49. The lowest BCUT2D eigenvalue weighted by atomic mass is 9.89. The molecule has 3 atom stereocenters. The van der Waals surface area contributed by atoms with Gasteiger partial charge in [-0.2, -0.15) is 13.2 Å². The molecule has 27 heavy (non-hydrogen) atoms. The van der Waals surface area contributed by atoms with Gasteiger partial charge in [-0.3, -0.25) is 4.90 Å². The molecule has 0 aromatic carbocycles. The molecule has 3 aliphatic rings. The van der Waals surface area contributed by atoms with E-state index in [9.17, 15) is 13.2 Å². The number of ether oxygens (including phenoxy) is 1. The number of hydrogen-bond donors (Lipinski definition) is 1. The van der Waals surface area contributed by atoms with Crippen molar-refractivity contribution in [1.82, 2.24) is 14.9 Å². The van der Waals surface area contributed by atoms with Gasteiger partial charge in [0.1, 0.15) is 0 Å². The molecule has 0 spiro atoms. The first-order chi connectivity index (χ1) is 12.5. The van der Waals surface area contributed by atoms with E-state index in [0.717, 1.165) is 12.8 Å². The lowest BCUT2D eigenvalue weighted by molar-refractivity contribution is -0.142. The van der Waals surface area contributed by atoms with E-state index in [1.807, 2.05) is 4.90 Å². The SMILES string of the molecule is Cl.FC(F)(F)c1nc(N[C@@H]2C[C@H]3CCC[C@@H]2C3)ncc1CN1CCOCC1. The monoisotopic (exact) mass is 406 g/mol. The zero-order valence-electron chi connectivity index (χ0n) is 15.2. The third kappa shape index (κ3) is 4.84. The molecule has 1 aromatic heterocycles.